The molecule has 2 aromatic rings. The predicted molar refractivity (Wildman–Crippen MR) is 93.4 cm³/mol. The van der Waals surface area contributed by atoms with E-state index in [1.165, 1.54) is 28.2 Å². The van der Waals surface area contributed by atoms with Crippen LogP contribution in [0.5, 0.6) is 0 Å². The summed E-state index contributed by atoms with van der Waals surface area (Å²) in [5.41, 5.74) is 1.74. The van der Waals surface area contributed by atoms with Crippen molar-refractivity contribution in [2.24, 2.45) is 0 Å². The van der Waals surface area contributed by atoms with Crippen molar-refractivity contribution in [3.8, 4) is 0 Å². The van der Waals surface area contributed by atoms with Gasteiger partial charge in [0, 0.05) is 24.4 Å². The van der Waals surface area contributed by atoms with Crippen LogP contribution in [0, 0.1) is 17.0 Å². The van der Waals surface area contributed by atoms with E-state index in [1.54, 1.807) is 36.4 Å². The molecule has 1 aliphatic heterocycles. The number of nitro benzene ring substituents is 1. The molecule has 3 rings (SSSR count). The number of hydrogen-bond donors (Lipinski definition) is 0. The fraction of sp³-hybridized carbons (Fsp3) is 0.250. The first-order valence-corrected chi connectivity index (χ1v) is 9.83. The Bertz CT molecular complexity index is 849. The van der Waals surface area contributed by atoms with Gasteiger partial charge in [0.25, 0.3) is 5.69 Å². The number of thioether (sulfide) groups is 1. The van der Waals surface area contributed by atoms with E-state index >= 15 is 0 Å². The fourth-order valence-electron chi connectivity index (χ4n) is 2.57. The third kappa shape index (κ3) is 3.17. The maximum Gasteiger partial charge on any atom is 0.269 e. The van der Waals surface area contributed by atoms with Crippen molar-refractivity contribution in [2.45, 2.75) is 17.2 Å². The molecule has 0 N–H and O–H groups in total. The van der Waals surface area contributed by atoms with Crippen LogP contribution in [0.4, 0.5) is 5.69 Å². The number of aryl methyl sites for hydroxylation is 1. The first-order valence-electron chi connectivity index (χ1n) is 7.34. The van der Waals surface area contributed by atoms with Crippen LogP contribution in [0.25, 0.3) is 0 Å². The lowest BCUT2D eigenvalue weighted by Crippen LogP contribution is -2.30. The van der Waals surface area contributed by atoms with Crippen molar-refractivity contribution < 1.29 is 13.3 Å². The maximum atomic E-state index is 12.9. The smallest absolute Gasteiger partial charge is 0.258 e. The Balaban J connectivity index is 1.92. The molecule has 0 aromatic heterocycles. The lowest BCUT2D eigenvalue weighted by molar-refractivity contribution is -0.384. The molecule has 1 aliphatic rings. The minimum Gasteiger partial charge on any atom is -0.258 e. The van der Waals surface area contributed by atoms with Crippen LogP contribution in [-0.4, -0.2) is 29.9 Å². The number of non-ortho nitro benzene ring substituents is 1. The van der Waals surface area contributed by atoms with Crippen LogP contribution in [0.15, 0.2) is 53.4 Å². The standard InChI is InChI=1S/C16H16N2O4S2/c1-12-2-8-15(9-3-12)24(21,22)17-10-11-23-16(17)13-4-6-14(7-5-13)18(19)20/h2-9,16H,10-11H2,1H3/t16-/m1/s1. The van der Waals surface area contributed by atoms with E-state index in [2.05, 4.69) is 0 Å². The van der Waals surface area contributed by atoms with E-state index < -0.39 is 14.9 Å². The molecule has 0 unspecified atom stereocenters. The number of benzene rings is 2. The number of nitrogens with zero attached hydrogens (tertiary/aromatic N) is 2. The SMILES string of the molecule is Cc1ccc(S(=O)(=O)N2CCS[C@@H]2c2ccc([N+](=O)[O-])cc2)cc1. The average molecular weight is 364 g/mol. The van der Waals surface area contributed by atoms with E-state index in [9.17, 15) is 18.5 Å². The Morgan fingerprint density at radius 3 is 2.33 bits per heavy atom. The quantitative estimate of drug-likeness (QED) is 0.614. The highest BCUT2D eigenvalue weighted by Crippen LogP contribution is 2.41. The third-order valence-electron chi connectivity index (χ3n) is 3.87. The molecular formula is C16H16N2O4S2. The normalized spacial score (nSPS) is 18.6. The van der Waals surface area contributed by atoms with Gasteiger partial charge in [-0.25, -0.2) is 8.42 Å². The minimum absolute atomic E-state index is 0.00492. The van der Waals surface area contributed by atoms with Crippen molar-refractivity contribution in [3.05, 3.63) is 69.8 Å². The van der Waals surface area contributed by atoms with Crippen LogP contribution in [0.1, 0.15) is 16.5 Å². The van der Waals surface area contributed by atoms with Gasteiger partial charge >= 0.3 is 0 Å². The van der Waals surface area contributed by atoms with Gasteiger partial charge in [-0.2, -0.15) is 4.31 Å². The Labute approximate surface area is 144 Å². The highest BCUT2D eigenvalue weighted by Gasteiger charge is 2.36. The monoisotopic (exact) mass is 364 g/mol. The Morgan fingerprint density at radius 2 is 1.75 bits per heavy atom. The molecule has 1 heterocycles. The summed E-state index contributed by atoms with van der Waals surface area (Å²) < 4.78 is 27.3. The van der Waals surface area contributed by atoms with Gasteiger partial charge in [0.1, 0.15) is 0 Å². The molecule has 2 aromatic carbocycles. The average Bonchev–Trinajstić information content (AvgIpc) is 3.06. The van der Waals surface area contributed by atoms with Crippen LogP contribution < -0.4 is 0 Å². The Kier molecular flexibility index (Phi) is 4.62. The number of rotatable bonds is 4. The molecule has 126 valence electrons. The molecule has 1 atom stereocenters. The summed E-state index contributed by atoms with van der Waals surface area (Å²) in [7, 11) is -3.60. The van der Waals surface area contributed by atoms with Crippen molar-refractivity contribution >= 4 is 27.5 Å². The van der Waals surface area contributed by atoms with Crippen molar-refractivity contribution in [3.63, 3.8) is 0 Å². The molecule has 0 spiro atoms. The highest BCUT2D eigenvalue weighted by atomic mass is 32.2. The lowest BCUT2D eigenvalue weighted by atomic mass is 10.2. The van der Waals surface area contributed by atoms with Gasteiger partial charge in [-0.1, -0.05) is 17.7 Å². The Morgan fingerprint density at radius 1 is 1.12 bits per heavy atom. The molecule has 0 aliphatic carbocycles. The largest absolute Gasteiger partial charge is 0.269 e. The zero-order chi connectivity index (χ0) is 17.3. The predicted octanol–water partition coefficient (Wildman–Crippen LogP) is 3.34. The van der Waals surface area contributed by atoms with E-state index in [4.69, 9.17) is 0 Å². The second-order valence-electron chi connectivity index (χ2n) is 5.50. The van der Waals surface area contributed by atoms with Crippen LogP contribution >= 0.6 is 11.8 Å². The van der Waals surface area contributed by atoms with Crippen LogP contribution in [0.3, 0.4) is 0 Å². The van der Waals surface area contributed by atoms with Gasteiger partial charge in [-0.15, -0.1) is 11.8 Å². The molecule has 0 bridgehead atoms. The summed E-state index contributed by atoms with van der Waals surface area (Å²) in [6.45, 7) is 2.32. The van der Waals surface area contributed by atoms with Crippen LogP contribution in [0.2, 0.25) is 0 Å². The second kappa shape index (κ2) is 6.54. The molecule has 0 saturated carbocycles. The summed E-state index contributed by atoms with van der Waals surface area (Å²) >= 11 is 1.52. The number of sulfonamides is 1. The van der Waals surface area contributed by atoms with E-state index in [-0.39, 0.29) is 16.0 Å². The van der Waals surface area contributed by atoms with E-state index in [0.29, 0.717) is 12.3 Å². The van der Waals surface area contributed by atoms with Gasteiger partial charge in [-0.05, 0) is 36.8 Å². The summed E-state index contributed by atoms with van der Waals surface area (Å²) in [5.74, 6) is 0.687. The zero-order valence-electron chi connectivity index (χ0n) is 13.0. The minimum atomic E-state index is -3.60. The molecule has 8 heteroatoms. The van der Waals surface area contributed by atoms with Gasteiger partial charge in [-0.3, -0.25) is 10.1 Å². The summed E-state index contributed by atoms with van der Waals surface area (Å²) in [5, 5.41) is 10.4. The topological polar surface area (TPSA) is 80.5 Å². The first kappa shape index (κ1) is 16.9. The molecule has 24 heavy (non-hydrogen) atoms. The summed E-state index contributed by atoms with van der Waals surface area (Å²) in [6, 6.07) is 12.8. The number of hydrogen-bond acceptors (Lipinski definition) is 5. The molecule has 0 radical (unpaired) electrons. The third-order valence-corrected chi connectivity index (χ3v) is 7.14. The molecule has 1 fully saturated rings. The van der Waals surface area contributed by atoms with Crippen molar-refractivity contribution in [1.82, 2.24) is 4.31 Å². The van der Waals surface area contributed by atoms with Gasteiger partial charge in [0.2, 0.25) is 10.0 Å². The van der Waals surface area contributed by atoms with Gasteiger partial charge in [0.15, 0.2) is 0 Å². The summed E-state index contributed by atoms with van der Waals surface area (Å²) in [4.78, 5) is 10.6. The van der Waals surface area contributed by atoms with Gasteiger partial charge in [0.05, 0.1) is 15.2 Å². The van der Waals surface area contributed by atoms with E-state index in [0.717, 1.165) is 11.1 Å². The first-order chi connectivity index (χ1) is 11.4. The van der Waals surface area contributed by atoms with Crippen molar-refractivity contribution in [2.75, 3.05) is 12.3 Å². The lowest BCUT2D eigenvalue weighted by Gasteiger charge is -2.23. The molecule has 0 amide bonds. The molecule has 1 saturated heterocycles. The fourth-order valence-corrected chi connectivity index (χ4v) is 5.81. The molecular weight excluding hydrogens is 348 g/mol. The second-order valence-corrected chi connectivity index (χ2v) is 8.58. The van der Waals surface area contributed by atoms with Crippen LogP contribution in [-0.2, 0) is 10.0 Å². The van der Waals surface area contributed by atoms with Crippen molar-refractivity contribution in [1.29, 1.82) is 0 Å². The van der Waals surface area contributed by atoms with E-state index in [1.807, 2.05) is 6.92 Å². The zero-order valence-corrected chi connectivity index (χ0v) is 14.6. The molecule has 6 nitrogen and oxygen atoms in total. The van der Waals surface area contributed by atoms with Gasteiger partial charge < -0.3 is 0 Å². The number of nitro groups is 1. The summed E-state index contributed by atoms with van der Waals surface area (Å²) in [6.07, 6.45) is 0. The maximum absolute atomic E-state index is 12.9. The highest BCUT2D eigenvalue weighted by molar-refractivity contribution is 8.01. The Hall–Kier alpha value is -1.90.